The third-order valence-electron chi connectivity index (χ3n) is 2.84. The number of ether oxygens (including phenoxy) is 1. The molecule has 0 saturated carbocycles. The molecule has 0 unspecified atom stereocenters. The van der Waals surface area contributed by atoms with Gasteiger partial charge in [-0.25, -0.2) is 13.8 Å². The fraction of sp³-hybridized carbons (Fsp3) is 0.364. The number of methoxy groups -OCH3 is 1. The Balaban J connectivity index is 2.41. The molecule has 0 aliphatic carbocycles. The van der Waals surface area contributed by atoms with Crippen molar-refractivity contribution >= 4 is 22.0 Å². The second-order valence-corrected chi connectivity index (χ2v) is 5.65. The van der Waals surface area contributed by atoms with Crippen LogP contribution in [0.3, 0.4) is 0 Å². The molecule has 1 aliphatic rings. The standard InChI is InChI=1S/C11H14N2O5S/c1-18-11(15)12-19(16,17)13-7-3-5-8-4-2-6-9(14)10(8)13/h2,4,6,14H,3,5,7H2,1H3,(H,12,15). The Morgan fingerprint density at radius 3 is 2.89 bits per heavy atom. The van der Waals surface area contributed by atoms with E-state index in [-0.39, 0.29) is 18.0 Å². The second kappa shape index (κ2) is 4.96. The second-order valence-electron chi connectivity index (χ2n) is 4.06. The maximum Gasteiger partial charge on any atom is 0.422 e. The Hall–Kier alpha value is -1.96. The minimum Gasteiger partial charge on any atom is -0.506 e. The summed E-state index contributed by atoms with van der Waals surface area (Å²) in [6.07, 6.45) is 0.217. The van der Waals surface area contributed by atoms with Gasteiger partial charge in [0.2, 0.25) is 0 Å². The topological polar surface area (TPSA) is 95.9 Å². The van der Waals surface area contributed by atoms with E-state index in [9.17, 15) is 18.3 Å². The first-order chi connectivity index (χ1) is 8.95. The number of phenols is 1. The van der Waals surface area contributed by atoms with Crippen molar-refractivity contribution < 1.29 is 23.1 Å². The van der Waals surface area contributed by atoms with Crippen LogP contribution in [-0.4, -0.2) is 33.3 Å². The van der Waals surface area contributed by atoms with Crippen molar-refractivity contribution in [3.8, 4) is 5.75 Å². The van der Waals surface area contributed by atoms with Crippen molar-refractivity contribution in [3.05, 3.63) is 23.8 Å². The minimum absolute atomic E-state index is 0.132. The number of nitrogens with one attached hydrogen (secondary N) is 1. The average molecular weight is 286 g/mol. The molecule has 104 valence electrons. The van der Waals surface area contributed by atoms with Crippen LogP contribution in [0, 0.1) is 0 Å². The number of nitrogens with zero attached hydrogens (tertiary/aromatic N) is 1. The lowest BCUT2D eigenvalue weighted by Gasteiger charge is -2.30. The van der Waals surface area contributed by atoms with Crippen LogP contribution in [-0.2, 0) is 21.4 Å². The number of aromatic hydroxyl groups is 1. The number of anilines is 1. The van der Waals surface area contributed by atoms with Gasteiger partial charge in [-0.2, -0.15) is 8.42 Å². The Morgan fingerprint density at radius 1 is 1.47 bits per heavy atom. The number of benzene rings is 1. The van der Waals surface area contributed by atoms with E-state index in [2.05, 4.69) is 4.74 Å². The van der Waals surface area contributed by atoms with E-state index in [1.165, 1.54) is 6.07 Å². The summed E-state index contributed by atoms with van der Waals surface area (Å²) >= 11 is 0. The van der Waals surface area contributed by atoms with Gasteiger partial charge in [-0.05, 0) is 24.5 Å². The molecule has 2 rings (SSSR count). The van der Waals surface area contributed by atoms with Crippen LogP contribution in [0.2, 0.25) is 0 Å². The zero-order valence-corrected chi connectivity index (χ0v) is 11.1. The van der Waals surface area contributed by atoms with Gasteiger partial charge in [-0.3, -0.25) is 0 Å². The maximum atomic E-state index is 12.1. The fourth-order valence-corrected chi connectivity index (χ4v) is 3.26. The summed E-state index contributed by atoms with van der Waals surface area (Å²) < 4.78 is 31.2. The molecule has 0 atom stereocenters. The predicted molar refractivity (Wildman–Crippen MR) is 68.2 cm³/mol. The number of aryl methyl sites for hydroxylation is 1. The van der Waals surface area contributed by atoms with Gasteiger partial charge in [-0.15, -0.1) is 0 Å². The van der Waals surface area contributed by atoms with Crippen molar-refractivity contribution in [1.82, 2.24) is 4.72 Å². The molecule has 0 saturated heterocycles. The van der Waals surface area contributed by atoms with E-state index < -0.39 is 16.3 Å². The van der Waals surface area contributed by atoms with Crippen molar-refractivity contribution in [2.24, 2.45) is 0 Å². The number of rotatable bonds is 2. The van der Waals surface area contributed by atoms with Crippen LogP contribution in [0.4, 0.5) is 10.5 Å². The van der Waals surface area contributed by atoms with Crippen LogP contribution < -0.4 is 9.03 Å². The monoisotopic (exact) mass is 286 g/mol. The van der Waals surface area contributed by atoms with Crippen molar-refractivity contribution in [2.45, 2.75) is 12.8 Å². The number of hydrogen-bond donors (Lipinski definition) is 2. The maximum absolute atomic E-state index is 12.1. The van der Waals surface area contributed by atoms with Crippen LogP contribution >= 0.6 is 0 Å². The van der Waals surface area contributed by atoms with Crippen molar-refractivity contribution in [2.75, 3.05) is 18.0 Å². The Morgan fingerprint density at radius 2 is 2.21 bits per heavy atom. The summed E-state index contributed by atoms with van der Waals surface area (Å²) in [6, 6.07) is 4.80. The first kappa shape index (κ1) is 13.5. The molecule has 0 radical (unpaired) electrons. The van der Waals surface area contributed by atoms with Gasteiger partial charge in [0.05, 0.1) is 12.8 Å². The number of fused-ring (bicyclic) bond motifs is 1. The summed E-state index contributed by atoms with van der Waals surface area (Å²) in [5, 5.41) is 9.83. The molecular formula is C11H14N2O5S. The van der Waals surface area contributed by atoms with Crippen LogP contribution in [0.15, 0.2) is 18.2 Å². The highest BCUT2D eigenvalue weighted by atomic mass is 32.2. The van der Waals surface area contributed by atoms with Crippen LogP contribution in [0.5, 0.6) is 5.75 Å². The quantitative estimate of drug-likeness (QED) is 0.836. The summed E-state index contributed by atoms with van der Waals surface area (Å²) in [7, 11) is -3.01. The van der Waals surface area contributed by atoms with E-state index >= 15 is 0 Å². The highest BCUT2D eigenvalue weighted by Gasteiger charge is 2.31. The number of phenolic OH excluding ortho intramolecular Hbond substituents is 1. The normalized spacial score (nSPS) is 14.7. The molecule has 0 spiro atoms. The number of para-hydroxylation sites is 1. The lowest BCUT2D eigenvalue weighted by molar-refractivity contribution is 0.177. The predicted octanol–water partition coefficient (Wildman–Crippen LogP) is 0.746. The van der Waals surface area contributed by atoms with Gasteiger partial charge >= 0.3 is 16.3 Å². The largest absolute Gasteiger partial charge is 0.506 e. The summed E-state index contributed by atoms with van der Waals surface area (Å²) in [5.41, 5.74) is 0.937. The molecule has 0 aromatic heterocycles. The Kier molecular flexibility index (Phi) is 3.52. The molecule has 8 heteroatoms. The third-order valence-corrected chi connectivity index (χ3v) is 4.21. The number of hydrogen-bond acceptors (Lipinski definition) is 5. The molecule has 1 heterocycles. The molecule has 1 aromatic rings. The molecule has 1 aliphatic heterocycles. The van der Waals surface area contributed by atoms with Gasteiger partial charge in [-0.1, -0.05) is 12.1 Å². The van der Waals surface area contributed by atoms with Crippen molar-refractivity contribution in [3.63, 3.8) is 0 Å². The SMILES string of the molecule is COC(=O)NS(=O)(=O)N1CCCc2cccc(O)c21. The van der Waals surface area contributed by atoms with E-state index in [4.69, 9.17) is 0 Å². The molecule has 1 amide bonds. The Bertz CT molecular complexity index is 599. The molecule has 1 aromatic carbocycles. The van der Waals surface area contributed by atoms with Gasteiger partial charge in [0.15, 0.2) is 0 Å². The zero-order chi connectivity index (χ0) is 14.0. The number of amides is 1. The first-order valence-electron chi connectivity index (χ1n) is 5.65. The first-order valence-corrected chi connectivity index (χ1v) is 7.09. The molecular weight excluding hydrogens is 272 g/mol. The van der Waals surface area contributed by atoms with Gasteiger partial charge < -0.3 is 9.84 Å². The van der Waals surface area contributed by atoms with E-state index in [0.29, 0.717) is 12.8 Å². The van der Waals surface area contributed by atoms with Gasteiger partial charge in [0.1, 0.15) is 5.75 Å². The van der Waals surface area contributed by atoms with E-state index in [1.54, 1.807) is 16.9 Å². The summed E-state index contributed by atoms with van der Waals surface area (Å²) in [5.74, 6) is -0.132. The van der Waals surface area contributed by atoms with Crippen molar-refractivity contribution in [1.29, 1.82) is 0 Å². The molecule has 19 heavy (non-hydrogen) atoms. The fourth-order valence-electron chi connectivity index (χ4n) is 2.03. The highest BCUT2D eigenvalue weighted by Crippen LogP contribution is 2.36. The summed E-state index contributed by atoms with van der Waals surface area (Å²) in [4.78, 5) is 11.1. The van der Waals surface area contributed by atoms with Crippen LogP contribution in [0.25, 0.3) is 0 Å². The number of carbonyl (C=O) groups is 1. The zero-order valence-electron chi connectivity index (χ0n) is 10.3. The van der Waals surface area contributed by atoms with E-state index in [0.717, 1.165) is 17.0 Å². The molecule has 7 nitrogen and oxygen atoms in total. The van der Waals surface area contributed by atoms with E-state index in [1.807, 2.05) is 0 Å². The Labute approximate surface area is 111 Å². The smallest absolute Gasteiger partial charge is 0.422 e. The molecule has 2 N–H and O–H groups in total. The number of carbonyl (C=O) groups excluding carboxylic acids is 1. The lowest BCUT2D eigenvalue weighted by atomic mass is 10.0. The highest BCUT2D eigenvalue weighted by molar-refractivity contribution is 7.91. The van der Waals surface area contributed by atoms with Gasteiger partial charge in [0.25, 0.3) is 0 Å². The van der Waals surface area contributed by atoms with Crippen LogP contribution in [0.1, 0.15) is 12.0 Å². The third kappa shape index (κ3) is 2.58. The summed E-state index contributed by atoms with van der Waals surface area (Å²) in [6.45, 7) is 0.191. The van der Waals surface area contributed by atoms with Gasteiger partial charge in [0, 0.05) is 6.54 Å². The average Bonchev–Trinajstić information content (AvgIpc) is 2.38. The lowest BCUT2D eigenvalue weighted by Crippen LogP contribution is -2.45. The molecule has 0 fully saturated rings. The molecule has 0 bridgehead atoms. The minimum atomic E-state index is -4.08.